The van der Waals surface area contributed by atoms with Crippen LogP contribution in [0, 0.1) is 5.41 Å². The number of nitrogens with zero attached hydrogens (tertiary/aromatic N) is 3. The molecule has 6 N–H and O–H groups in total. The van der Waals surface area contributed by atoms with Crippen LogP contribution in [0.15, 0.2) is 9.59 Å². The van der Waals surface area contributed by atoms with Gasteiger partial charge < -0.3 is 25.8 Å². The molecule has 1 saturated carbocycles. The molecule has 4 atom stereocenters. The molecule has 2 aliphatic rings. The first-order chi connectivity index (χ1) is 13.2. The van der Waals surface area contributed by atoms with E-state index in [9.17, 15) is 34.1 Å². The normalized spacial score (nSPS) is 28.7. The van der Waals surface area contributed by atoms with Gasteiger partial charge in [-0.25, -0.2) is 13.8 Å². The Morgan fingerprint density at radius 2 is 2.11 bits per heavy atom. The molecule has 3 heterocycles. The van der Waals surface area contributed by atoms with Crippen molar-refractivity contribution in [3.8, 4) is 0 Å². The minimum absolute atomic E-state index is 0.259. The average molecular weight is 399 g/mol. The van der Waals surface area contributed by atoms with Crippen LogP contribution in [0.25, 0.3) is 11.2 Å². The quantitative estimate of drug-likeness (QED) is 0.376. The lowest BCUT2D eigenvalue weighted by atomic mass is 10.1. The lowest BCUT2D eigenvalue weighted by Crippen LogP contribution is -2.36. The third-order valence-corrected chi connectivity index (χ3v) is 5.32. The van der Waals surface area contributed by atoms with E-state index < -0.39 is 53.8 Å². The summed E-state index contributed by atoms with van der Waals surface area (Å²) in [6.45, 7) is -1.04. The Labute approximate surface area is 155 Å². The molecule has 0 aromatic carbocycles. The number of H-pyrrole nitrogens is 1. The van der Waals surface area contributed by atoms with E-state index in [1.165, 1.54) is 0 Å². The predicted molar refractivity (Wildman–Crippen MR) is 90.2 cm³/mol. The van der Waals surface area contributed by atoms with E-state index in [-0.39, 0.29) is 23.7 Å². The molecule has 0 unspecified atom stereocenters. The molecular formula is C15H18FN5O7. The molecule has 2 aromatic rings. The van der Waals surface area contributed by atoms with Crippen molar-refractivity contribution in [1.82, 2.24) is 19.1 Å². The van der Waals surface area contributed by atoms with Gasteiger partial charge >= 0.3 is 11.7 Å². The second-order valence-corrected chi connectivity index (χ2v) is 7.13. The molecule has 0 spiro atoms. The van der Waals surface area contributed by atoms with Gasteiger partial charge in [-0.3, -0.25) is 19.1 Å². The number of nitrogens with two attached hydrogens (primary N) is 1. The number of ether oxygens (including phenoxy) is 1. The first kappa shape index (κ1) is 18.6. The molecule has 2 aromatic heterocycles. The monoisotopic (exact) mass is 399 g/mol. The standard InChI is InChI=1S/C15H18FN5O7/c16-6-5(3-22)28-11(8(6)23)21-9-7(10(24)19-13(17)18-9)20(14(21)27)4-15(1-2-15)12(25)26/h5-6,8,11,22-23H,1-4H2,(H,25,26)(H3,17,18,19,24)/t5-,6-,8-,11-/m1/s1. The zero-order valence-electron chi connectivity index (χ0n) is 14.4. The van der Waals surface area contributed by atoms with Crippen LogP contribution in [0.4, 0.5) is 10.3 Å². The summed E-state index contributed by atoms with van der Waals surface area (Å²) in [7, 11) is 0. The van der Waals surface area contributed by atoms with Gasteiger partial charge in [0.15, 0.2) is 23.6 Å². The third-order valence-electron chi connectivity index (χ3n) is 5.32. The van der Waals surface area contributed by atoms with Crippen LogP contribution in [0.5, 0.6) is 0 Å². The van der Waals surface area contributed by atoms with Crippen molar-refractivity contribution in [3.63, 3.8) is 0 Å². The first-order valence-electron chi connectivity index (χ1n) is 8.52. The van der Waals surface area contributed by atoms with E-state index in [1.54, 1.807) is 0 Å². The number of rotatable bonds is 5. The third kappa shape index (κ3) is 2.54. The number of aliphatic hydroxyl groups is 2. The number of aromatic amines is 1. The molecule has 152 valence electrons. The molecule has 1 aliphatic heterocycles. The number of fused-ring (bicyclic) bond motifs is 1. The zero-order valence-corrected chi connectivity index (χ0v) is 14.4. The van der Waals surface area contributed by atoms with Gasteiger partial charge in [-0.05, 0) is 12.8 Å². The smallest absolute Gasteiger partial charge is 0.332 e. The van der Waals surface area contributed by atoms with Crippen LogP contribution in [0.2, 0.25) is 0 Å². The van der Waals surface area contributed by atoms with Crippen molar-refractivity contribution in [2.24, 2.45) is 5.41 Å². The number of imidazole rings is 1. The van der Waals surface area contributed by atoms with Gasteiger partial charge in [0.2, 0.25) is 5.95 Å². The fourth-order valence-corrected chi connectivity index (χ4v) is 3.54. The summed E-state index contributed by atoms with van der Waals surface area (Å²) < 4.78 is 21.1. The molecule has 0 bridgehead atoms. The van der Waals surface area contributed by atoms with Crippen molar-refractivity contribution in [2.45, 2.75) is 44.0 Å². The van der Waals surface area contributed by atoms with Gasteiger partial charge in [-0.15, -0.1) is 0 Å². The van der Waals surface area contributed by atoms with E-state index in [4.69, 9.17) is 10.5 Å². The molecule has 12 nitrogen and oxygen atoms in total. The van der Waals surface area contributed by atoms with Crippen LogP contribution < -0.4 is 17.0 Å². The second-order valence-electron chi connectivity index (χ2n) is 7.13. The topological polar surface area (TPSA) is 186 Å². The van der Waals surface area contributed by atoms with Gasteiger partial charge in [0.1, 0.15) is 12.2 Å². The van der Waals surface area contributed by atoms with E-state index >= 15 is 0 Å². The maximum atomic E-state index is 14.2. The number of aromatic nitrogens is 4. The van der Waals surface area contributed by atoms with Crippen LogP contribution >= 0.6 is 0 Å². The molecular weight excluding hydrogens is 381 g/mol. The van der Waals surface area contributed by atoms with Crippen molar-refractivity contribution in [2.75, 3.05) is 12.3 Å². The summed E-state index contributed by atoms with van der Waals surface area (Å²) >= 11 is 0. The van der Waals surface area contributed by atoms with Gasteiger partial charge in [-0.1, -0.05) is 0 Å². The highest BCUT2D eigenvalue weighted by Gasteiger charge is 2.52. The molecule has 2 fully saturated rings. The van der Waals surface area contributed by atoms with E-state index in [0.29, 0.717) is 12.8 Å². The van der Waals surface area contributed by atoms with E-state index in [0.717, 1.165) is 9.13 Å². The van der Waals surface area contributed by atoms with Crippen LogP contribution in [0.1, 0.15) is 19.1 Å². The van der Waals surface area contributed by atoms with Gasteiger partial charge in [-0.2, -0.15) is 4.98 Å². The Balaban J connectivity index is 1.93. The molecule has 0 amide bonds. The Morgan fingerprint density at radius 3 is 2.64 bits per heavy atom. The lowest BCUT2D eigenvalue weighted by molar-refractivity contribution is -0.143. The van der Waals surface area contributed by atoms with E-state index in [2.05, 4.69) is 9.97 Å². The van der Waals surface area contributed by atoms with E-state index in [1.807, 2.05) is 0 Å². The molecule has 4 rings (SSSR count). The Hall–Kier alpha value is -2.77. The van der Waals surface area contributed by atoms with Crippen molar-refractivity contribution < 1.29 is 29.2 Å². The number of halogens is 1. The van der Waals surface area contributed by atoms with Gasteiger partial charge in [0.05, 0.1) is 12.0 Å². The van der Waals surface area contributed by atoms with Crippen molar-refractivity contribution in [3.05, 3.63) is 20.8 Å². The zero-order chi connectivity index (χ0) is 20.4. The summed E-state index contributed by atoms with van der Waals surface area (Å²) in [4.78, 5) is 43.1. The fourth-order valence-electron chi connectivity index (χ4n) is 3.54. The van der Waals surface area contributed by atoms with Crippen LogP contribution in [-0.4, -0.2) is 65.4 Å². The summed E-state index contributed by atoms with van der Waals surface area (Å²) in [5.74, 6) is -1.44. The Kier molecular flexibility index (Phi) is 4.06. The van der Waals surface area contributed by atoms with Gasteiger partial charge in [0.25, 0.3) is 5.56 Å². The number of carboxylic acids is 1. The van der Waals surface area contributed by atoms with Crippen molar-refractivity contribution >= 4 is 23.1 Å². The maximum absolute atomic E-state index is 14.2. The summed E-state index contributed by atoms with van der Waals surface area (Å²) in [5, 5.41) is 28.8. The van der Waals surface area contributed by atoms with Crippen LogP contribution in [0.3, 0.4) is 0 Å². The number of carboxylic acid groups (broad SMARTS) is 1. The predicted octanol–water partition coefficient (Wildman–Crippen LogP) is -2.08. The number of nitrogens with one attached hydrogen (secondary N) is 1. The number of aliphatic carboxylic acids is 1. The molecule has 1 saturated heterocycles. The number of aliphatic hydroxyl groups excluding tert-OH is 2. The highest BCUT2D eigenvalue weighted by atomic mass is 19.1. The van der Waals surface area contributed by atoms with Crippen LogP contribution in [-0.2, 0) is 16.1 Å². The minimum atomic E-state index is -1.98. The highest BCUT2D eigenvalue weighted by Crippen LogP contribution is 2.47. The summed E-state index contributed by atoms with van der Waals surface area (Å²) in [6.07, 6.45) is -6.10. The minimum Gasteiger partial charge on any atom is -0.481 e. The largest absolute Gasteiger partial charge is 0.481 e. The highest BCUT2D eigenvalue weighted by molar-refractivity contribution is 5.78. The molecule has 28 heavy (non-hydrogen) atoms. The fraction of sp³-hybridized carbons (Fsp3) is 0.600. The Morgan fingerprint density at radius 1 is 1.43 bits per heavy atom. The number of hydrogen-bond acceptors (Lipinski definition) is 8. The number of hydrogen-bond donors (Lipinski definition) is 5. The lowest BCUT2D eigenvalue weighted by Gasteiger charge is -2.15. The summed E-state index contributed by atoms with van der Waals surface area (Å²) in [6, 6.07) is 0. The second kappa shape index (κ2) is 6.12. The van der Waals surface area contributed by atoms with Gasteiger partial charge in [0, 0.05) is 6.54 Å². The Bertz CT molecular complexity index is 1070. The number of nitrogen functional groups attached to an aromatic ring is 1. The van der Waals surface area contributed by atoms with Crippen molar-refractivity contribution in [1.29, 1.82) is 0 Å². The number of anilines is 1. The molecule has 1 aliphatic carbocycles. The number of alkyl halides is 1. The first-order valence-corrected chi connectivity index (χ1v) is 8.52. The SMILES string of the molecule is Nc1nc2c(c(=O)[nH]1)n(CC1(C(=O)O)CC1)c(=O)n2[C@@H]1O[C@H](CO)[C@@H](F)[C@H]1O. The maximum Gasteiger partial charge on any atom is 0.332 e. The molecule has 13 heteroatoms. The average Bonchev–Trinajstić information content (AvgIpc) is 3.31. The molecule has 0 radical (unpaired) electrons. The number of carbonyl (C=O) groups is 1. The summed E-state index contributed by atoms with van der Waals surface area (Å²) in [5.41, 5.74) is 2.13.